The summed E-state index contributed by atoms with van der Waals surface area (Å²) in [7, 11) is 3.90. The topological polar surface area (TPSA) is 75.0 Å². The summed E-state index contributed by atoms with van der Waals surface area (Å²) in [5.74, 6) is 1.62. The predicted octanol–water partition coefficient (Wildman–Crippen LogP) is 0.711. The van der Waals surface area contributed by atoms with Crippen LogP contribution in [-0.4, -0.2) is 69.6 Å². The van der Waals surface area contributed by atoms with Gasteiger partial charge in [0.1, 0.15) is 5.82 Å². The lowest BCUT2D eigenvalue weighted by molar-refractivity contribution is 0.203. The van der Waals surface area contributed by atoms with Crippen molar-refractivity contribution in [3.63, 3.8) is 0 Å². The van der Waals surface area contributed by atoms with Crippen molar-refractivity contribution in [3.8, 4) is 0 Å². The van der Waals surface area contributed by atoms with E-state index < -0.39 is 0 Å². The molecule has 1 fully saturated rings. The summed E-state index contributed by atoms with van der Waals surface area (Å²) in [6.07, 6.45) is 7.60. The zero-order chi connectivity index (χ0) is 16.1. The number of likely N-dealkylation sites (tertiary alicyclic amines) is 1. The van der Waals surface area contributed by atoms with Gasteiger partial charge in [-0.05, 0) is 25.5 Å². The SMILES string of the molecule is CN(C)c1nccc(NC2CCCN(CCn3nccn3)C2)n1. The molecule has 8 heteroatoms. The molecule has 0 spiro atoms. The van der Waals surface area contributed by atoms with Gasteiger partial charge in [-0.1, -0.05) is 0 Å². The Balaban J connectivity index is 1.53. The van der Waals surface area contributed by atoms with Crippen LogP contribution in [0.1, 0.15) is 12.8 Å². The molecule has 8 nitrogen and oxygen atoms in total. The molecular weight excluding hydrogens is 292 g/mol. The fourth-order valence-corrected chi connectivity index (χ4v) is 2.82. The smallest absolute Gasteiger partial charge is 0.226 e. The van der Waals surface area contributed by atoms with Crippen LogP contribution in [0.25, 0.3) is 0 Å². The van der Waals surface area contributed by atoms with E-state index in [0.29, 0.717) is 6.04 Å². The highest BCUT2D eigenvalue weighted by molar-refractivity contribution is 5.41. The first-order valence-electron chi connectivity index (χ1n) is 8.04. The monoisotopic (exact) mass is 316 g/mol. The number of nitrogens with one attached hydrogen (secondary N) is 1. The van der Waals surface area contributed by atoms with Crippen molar-refractivity contribution >= 4 is 11.8 Å². The van der Waals surface area contributed by atoms with Gasteiger partial charge in [-0.25, -0.2) is 4.98 Å². The zero-order valence-corrected chi connectivity index (χ0v) is 13.8. The number of aromatic nitrogens is 5. The van der Waals surface area contributed by atoms with Gasteiger partial charge in [0.25, 0.3) is 0 Å². The highest BCUT2D eigenvalue weighted by atomic mass is 15.5. The van der Waals surface area contributed by atoms with Gasteiger partial charge in [0.15, 0.2) is 0 Å². The second-order valence-electron chi connectivity index (χ2n) is 6.05. The van der Waals surface area contributed by atoms with Crippen LogP contribution in [0.4, 0.5) is 11.8 Å². The Hall–Kier alpha value is -2.22. The highest BCUT2D eigenvalue weighted by Crippen LogP contribution is 2.16. The fourth-order valence-electron chi connectivity index (χ4n) is 2.82. The molecule has 0 saturated carbocycles. The van der Waals surface area contributed by atoms with Gasteiger partial charge in [0, 0.05) is 39.4 Å². The molecule has 3 rings (SSSR count). The van der Waals surface area contributed by atoms with Crippen molar-refractivity contribution in [2.45, 2.75) is 25.4 Å². The molecule has 2 aromatic rings. The summed E-state index contributed by atoms with van der Waals surface area (Å²) < 4.78 is 0. The average Bonchev–Trinajstić information content (AvgIpc) is 3.07. The molecule has 1 unspecified atom stereocenters. The lowest BCUT2D eigenvalue weighted by Crippen LogP contribution is -2.43. The fraction of sp³-hybridized carbons (Fsp3) is 0.600. The van der Waals surface area contributed by atoms with Gasteiger partial charge in [0.2, 0.25) is 5.95 Å². The van der Waals surface area contributed by atoms with E-state index in [9.17, 15) is 0 Å². The summed E-state index contributed by atoms with van der Waals surface area (Å²) in [4.78, 5) is 14.9. The first-order chi connectivity index (χ1) is 11.2. The van der Waals surface area contributed by atoms with Crippen molar-refractivity contribution in [1.82, 2.24) is 29.9 Å². The average molecular weight is 316 g/mol. The Labute approximate surface area is 136 Å². The molecular formula is C15H24N8. The molecule has 1 saturated heterocycles. The number of rotatable bonds is 6. The van der Waals surface area contributed by atoms with Crippen LogP contribution in [0.3, 0.4) is 0 Å². The Morgan fingerprint density at radius 2 is 2.04 bits per heavy atom. The Morgan fingerprint density at radius 1 is 1.22 bits per heavy atom. The van der Waals surface area contributed by atoms with Crippen LogP contribution in [0.2, 0.25) is 0 Å². The summed E-state index contributed by atoms with van der Waals surface area (Å²) in [5, 5.41) is 11.9. The third-order valence-electron chi connectivity index (χ3n) is 3.98. The number of hydrogen-bond acceptors (Lipinski definition) is 7. The summed E-state index contributed by atoms with van der Waals surface area (Å²) in [5.41, 5.74) is 0. The standard InChI is InChI=1S/C15H24N8/c1-21(2)15-16-6-5-14(20-15)19-13-4-3-9-22(12-13)10-11-23-17-7-8-18-23/h5-8,13H,3-4,9-12H2,1-2H3,(H,16,19,20). The maximum atomic E-state index is 4.54. The predicted molar refractivity (Wildman–Crippen MR) is 89.5 cm³/mol. The molecule has 1 aliphatic heterocycles. The van der Waals surface area contributed by atoms with Crippen LogP contribution < -0.4 is 10.2 Å². The molecule has 1 aliphatic rings. The van der Waals surface area contributed by atoms with E-state index in [-0.39, 0.29) is 0 Å². The normalized spacial score (nSPS) is 18.8. The van der Waals surface area contributed by atoms with E-state index in [1.807, 2.05) is 25.1 Å². The summed E-state index contributed by atoms with van der Waals surface area (Å²) in [6, 6.07) is 2.35. The largest absolute Gasteiger partial charge is 0.366 e. The van der Waals surface area contributed by atoms with E-state index in [0.717, 1.165) is 44.4 Å². The number of nitrogens with zero attached hydrogens (tertiary/aromatic N) is 7. The minimum Gasteiger partial charge on any atom is -0.366 e. The van der Waals surface area contributed by atoms with E-state index in [1.165, 1.54) is 6.42 Å². The van der Waals surface area contributed by atoms with E-state index in [4.69, 9.17) is 0 Å². The molecule has 23 heavy (non-hydrogen) atoms. The van der Waals surface area contributed by atoms with E-state index in [1.54, 1.807) is 23.4 Å². The van der Waals surface area contributed by atoms with Crippen molar-refractivity contribution in [3.05, 3.63) is 24.7 Å². The second-order valence-corrected chi connectivity index (χ2v) is 6.05. The van der Waals surface area contributed by atoms with Crippen molar-refractivity contribution in [1.29, 1.82) is 0 Å². The van der Waals surface area contributed by atoms with Crippen LogP contribution in [0.15, 0.2) is 24.7 Å². The molecule has 1 N–H and O–H groups in total. The maximum absolute atomic E-state index is 4.54. The Morgan fingerprint density at radius 3 is 2.83 bits per heavy atom. The molecule has 0 amide bonds. The second kappa shape index (κ2) is 7.36. The molecule has 0 aromatic carbocycles. The molecule has 2 aromatic heterocycles. The number of piperidine rings is 1. The molecule has 124 valence electrons. The minimum absolute atomic E-state index is 0.416. The maximum Gasteiger partial charge on any atom is 0.226 e. The van der Waals surface area contributed by atoms with Gasteiger partial charge >= 0.3 is 0 Å². The quantitative estimate of drug-likeness (QED) is 0.841. The molecule has 0 aliphatic carbocycles. The van der Waals surface area contributed by atoms with E-state index >= 15 is 0 Å². The first kappa shape index (κ1) is 15.7. The van der Waals surface area contributed by atoms with Crippen LogP contribution in [-0.2, 0) is 6.54 Å². The Bertz CT molecular complexity index is 597. The van der Waals surface area contributed by atoms with Gasteiger partial charge < -0.3 is 10.2 Å². The molecule has 0 bridgehead atoms. The number of anilines is 2. The third kappa shape index (κ3) is 4.38. The van der Waals surface area contributed by atoms with Crippen LogP contribution in [0, 0.1) is 0 Å². The minimum atomic E-state index is 0.416. The van der Waals surface area contributed by atoms with Crippen LogP contribution in [0.5, 0.6) is 0 Å². The summed E-state index contributed by atoms with van der Waals surface area (Å²) in [6.45, 7) is 3.95. The van der Waals surface area contributed by atoms with Crippen molar-refractivity contribution in [2.24, 2.45) is 0 Å². The number of hydrogen-bond donors (Lipinski definition) is 1. The van der Waals surface area contributed by atoms with Gasteiger partial charge in [-0.3, -0.25) is 4.90 Å². The molecule has 3 heterocycles. The lowest BCUT2D eigenvalue weighted by atomic mass is 10.1. The molecule has 1 atom stereocenters. The van der Waals surface area contributed by atoms with Crippen LogP contribution >= 0.6 is 0 Å². The molecule has 0 radical (unpaired) electrons. The van der Waals surface area contributed by atoms with Crippen molar-refractivity contribution < 1.29 is 0 Å². The summed E-state index contributed by atoms with van der Waals surface area (Å²) >= 11 is 0. The third-order valence-corrected chi connectivity index (χ3v) is 3.98. The first-order valence-corrected chi connectivity index (χ1v) is 8.04. The van der Waals surface area contributed by atoms with Gasteiger partial charge in [-0.2, -0.15) is 20.0 Å². The van der Waals surface area contributed by atoms with E-state index in [2.05, 4.69) is 30.4 Å². The van der Waals surface area contributed by atoms with Gasteiger partial charge in [-0.15, -0.1) is 0 Å². The highest BCUT2D eigenvalue weighted by Gasteiger charge is 2.20. The zero-order valence-electron chi connectivity index (χ0n) is 13.8. The lowest BCUT2D eigenvalue weighted by Gasteiger charge is -2.33. The van der Waals surface area contributed by atoms with Crippen molar-refractivity contribution in [2.75, 3.05) is 43.9 Å². The Kier molecular flexibility index (Phi) is 5.02. The van der Waals surface area contributed by atoms with Gasteiger partial charge in [0.05, 0.1) is 18.9 Å².